The quantitative estimate of drug-likeness (QED) is 0.845. The lowest BCUT2D eigenvalue weighted by Gasteiger charge is -2.17. The Hall–Kier alpha value is -0.580. The molecule has 1 aromatic carbocycles. The predicted octanol–water partition coefficient (Wildman–Crippen LogP) is 2.03. The number of halogens is 1. The van der Waals surface area contributed by atoms with Gasteiger partial charge in [0, 0.05) is 5.75 Å². The fourth-order valence-corrected chi connectivity index (χ4v) is 2.75. The van der Waals surface area contributed by atoms with Crippen molar-refractivity contribution in [1.29, 1.82) is 0 Å². The van der Waals surface area contributed by atoms with E-state index in [1.807, 2.05) is 13.0 Å². The zero-order valence-electron chi connectivity index (χ0n) is 9.22. The molecular formula is C11H15ClO3S. The number of aliphatic hydroxyl groups excluding tert-OH is 1. The summed E-state index contributed by atoms with van der Waals surface area (Å²) in [6, 6.07) is 7.02. The van der Waals surface area contributed by atoms with Crippen molar-refractivity contribution in [3.63, 3.8) is 0 Å². The molecule has 1 rings (SSSR count). The first kappa shape index (κ1) is 13.5. The first-order valence-electron chi connectivity index (χ1n) is 4.98. The number of hydrogen-bond donors (Lipinski definition) is 1. The van der Waals surface area contributed by atoms with Gasteiger partial charge in [0.15, 0.2) is 14.5 Å². The van der Waals surface area contributed by atoms with Gasteiger partial charge in [0.2, 0.25) is 0 Å². The van der Waals surface area contributed by atoms with Gasteiger partial charge in [0.25, 0.3) is 0 Å². The summed E-state index contributed by atoms with van der Waals surface area (Å²) >= 11 is 5.77. The number of alkyl halides is 1. The van der Waals surface area contributed by atoms with Crippen molar-refractivity contribution in [2.45, 2.75) is 24.7 Å². The number of benzene rings is 1. The maximum atomic E-state index is 11.5. The van der Waals surface area contributed by atoms with Crippen LogP contribution in [-0.2, 0) is 9.84 Å². The summed E-state index contributed by atoms with van der Waals surface area (Å²) in [6.45, 7) is 3.38. The Labute approximate surface area is 101 Å². The summed E-state index contributed by atoms with van der Waals surface area (Å²) < 4.78 is 21.7. The van der Waals surface area contributed by atoms with Gasteiger partial charge in [-0.25, -0.2) is 8.42 Å². The van der Waals surface area contributed by atoms with Crippen LogP contribution in [-0.4, -0.2) is 24.0 Å². The zero-order chi connectivity index (χ0) is 12.3. The summed E-state index contributed by atoms with van der Waals surface area (Å²) in [4.78, 5) is 0. The largest absolute Gasteiger partial charge is 0.386 e. The van der Waals surface area contributed by atoms with Gasteiger partial charge in [0.05, 0.1) is 0 Å². The SMILES string of the molecule is CCS(=O)(=O)C(Cl)C(O)c1cccc(C)c1. The molecule has 0 saturated carbocycles. The van der Waals surface area contributed by atoms with E-state index < -0.39 is 20.7 Å². The summed E-state index contributed by atoms with van der Waals surface area (Å²) in [5.74, 6) is -0.0793. The Morgan fingerprint density at radius 3 is 2.56 bits per heavy atom. The van der Waals surface area contributed by atoms with Gasteiger partial charge >= 0.3 is 0 Å². The molecule has 1 aromatic rings. The summed E-state index contributed by atoms with van der Waals surface area (Å²) in [5, 5.41) is 9.87. The van der Waals surface area contributed by atoms with Crippen molar-refractivity contribution in [2.75, 3.05) is 5.75 Å². The maximum absolute atomic E-state index is 11.5. The molecule has 0 aliphatic heterocycles. The minimum absolute atomic E-state index is 0.0793. The first-order valence-corrected chi connectivity index (χ1v) is 7.14. The normalized spacial score (nSPS) is 15.8. The van der Waals surface area contributed by atoms with Crippen molar-refractivity contribution in [3.05, 3.63) is 35.4 Å². The summed E-state index contributed by atoms with van der Waals surface area (Å²) in [6.07, 6.45) is -1.19. The standard InChI is InChI=1S/C11H15ClO3S/c1-3-16(14,15)11(12)10(13)9-6-4-5-8(2)7-9/h4-7,10-11,13H,3H2,1-2H3. The van der Waals surface area contributed by atoms with Crippen LogP contribution in [0.1, 0.15) is 24.2 Å². The average molecular weight is 263 g/mol. The zero-order valence-corrected chi connectivity index (χ0v) is 10.8. The second kappa shape index (κ2) is 5.17. The molecule has 0 radical (unpaired) electrons. The molecule has 16 heavy (non-hydrogen) atoms. The third-order valence-electron chi connectivity index (χ3n) is 2.38. The summed E-state index contributed by atoms with van der Waals surface area (Å²) in [5.41, 5.74) is 1.48. The second-order valence-electron chi connectivity index (χ2n) is 3.66. The topological polar surface area (TPSA) is 54.4 Å². The number of sulfone groups is 1. The van der Waals surface area contributed by atoms with Crippen molar-refractivity contribution >= 4 is 21.4 Å². The summed E-state index contributed by atoms with van der Waals surface area (Å²) in [7, 11) is -3.44. The maximum Gasteiger partial charge on any atom is 0.169 e. The smallest absolute Gasteiger partial charge is 0.169 e. The van der Waals surface area contributed by atoms with Crippen LogP contribution in [0.5, 0.6) is 0 Å². The van der Waals surface area contributed by atoms with Crippen LogP contribution in [0.2, 0.25) is 0 Å². The highest BCUT2D eigenvalue weighted by Crippen LogP contribution is 2.26. The molecule has 3 nitrogen and oxygen atoms in total. The third kappa shape index (κ3) is 2.97. The van der Waals surface area contributed by atoms with Crippen LogP contribution in [0, 0.1) is 6.92 Å². The molecule has 0 aliphatic rings. The van der Waals surface area contributed by atoms with E-state index in [4.69, 9.17) is 11.6 Å². The average Bonchev–Trinajstić information content (AvgIpc) is 2.27. The van der Waals surface area contributed by atoms with Crippen molar-refractivity contribution in [1.82, 2.24) is 0 Å². The highest BCUT2D eigenvalue weighted by molar-refractivity contribution is 7.93. The molecule has 0 aromatic heterocycles. The molecule has 0 saturated heterocycles. The molecule has 0 aliphatic carbocycles. The Morgan fingerprint density at radius 1 is 1.44 bits per heavy atom. The van der Waals surface area contributed by atoms with E-state index in [1.165, 1.54) is 6.92 Å². The molecular weight excluding hydrogens is 248 g/mol. The van der Waals surface area contributed by atoms with E-state index in [2.05, 4.69) is 0 Å². The van der Waals surface area contributed by atoms with Crippen molar-refractivity contribution in [3.8, 4) is 0 Å². The molecule has 0 heterocycles. The first-order chi connectivity index (χ1) is 7.38. The van der Waals surface area contributed by atoms with Gasteiger partial charge in [-0.05, 0) is 12.5 Å². The second-order valence-corrected chi connectivity index (χ2v) is 6.80. The van der Waals surface area contributed by atoms with Crippen LogP contribution in [0.3, 0.4) is 0 Å². The van der Waals surface area contributed by atoms with Crippen molar-refractivity contribution in [2.24, 2.45) is 0 Å². The van der Waals surface area contributed by atoms with Gasteiger partial charge < -0.3 is 5.11 Å². The molecule has 5 heteroatoms. The van der Waals surface area contributed by atoms with Crippen molar-refractivity contribution < 1.29 is 13.5 Å². The van der Waals surface area contributed by atoms with E-state index in [1.54, 1.807) is 18.2 Å². The number of hydrogen-bond acceptors (Lipinski definition) is 3. The van der Waals surface area contributed by atoms with E-state index >= 15 is 0 Å². The Kier molecular flexibility index (Phi) is 4.35. The molecule has 0 amide bonds. The minimum Gasteiger partial charge on any atom is -0.386 e. The molecule has 0 bridgehead atoms. The highest BCUT2D eigenvalue weighted by Gasteiger charge is 2.29. The van der Waals surface area contributed by atoms with E-state index in [0.717, 1.165) is 5.56 Å². The Balaban J connectivity index is 2.99. The van der Waals surface area contributed by atoms with Gasteiger partial charge in [-0.2, -0.15) is 0 Å². The number of aryl methyl sites for hydroxylation is 1. The number of rotatable bonds is 4. The molecule has 2 atom stereocenters. The van der Waals surface area contributed by atoms with Crippen LogP contribution in [0.25, 0.3) is 0 Å². The minimum atomic E-state index is -3.44. The van der Waals surface area contributed by atoms with Gasteiger partial charge in [0.1, 0.15) is 6.10 Å². The monoisotopic (exact) mass is 262 g/mol. The van der Waals surface area contributed by atoms with E-state index in [9.17, 15) is 13.5 Å². The highest BCUT2D eigenvalue weighted by atomic mass is 35.5. The predicted molar refractivity (Wildman–Crippen MR) is 65.2 cm³/mol. The lowest BCUT2D eigenvalue weighted by molar-refractivity contribution is 0.191. The molecule has 2 unspecified atom stereocenters. The number of aliphatic hydroxyl groups is 1. The van der Waals surface area contributed by atoms with Crippen LogP contribution < -0.4 is 0 Å². The lowest BCUT2D eigenvalue weighted by atomic mass is 10.1. The Morgan fingerprint density at radius 2 is 2.06 bits per heavy atom. The molecule has 1 N–H and O–H groups in total. The third-order valence-corrected chi connectivity index (χ3v) is 5.18. The molecule has 90 valence electrons. The Bertz CT molecular complexity index is 456. The molecule has 0 fully saturated rings. The van der Waals surface area contributed by atoms with Gasteiger partial charge in [-0.1, -0.05) is 36.8 Å². The fraction of sp³-hybridized carbons (Fsp3) is 0.455. The van der Waals surface area contributed by atoms with Gasteiger partial charge in [-0.15, -0.1) is 11.6 Å². The van der Waals surface area contributed by atoms with Crippen LogP contribution >= 0.6 is 11.6 Å². The fourth-order valence-electron chi connectivity index (χ4n) is 1.36. The van der Waals surface area contributed by atoms with Crippen LogP contribution in [0.4, 0.5) is 0 Å². The van der Waals surface area contributed by atoms with Crippen LogP contribution in [0.15, 0.2) is 24.3 Å². The van der Waals surface area contributed by atoms with E-state index in [-0.39, 0.29) is 5.75 Å². The lowest BCUT2D eigenvalue weighted by Crippen LogP contribution is -2.24. The van der Waals surface area contributed by atoms with Gasteiger partial charge in [-0.3, -0.25) is 0 Å². The van der Waals surface area contributed by atoms with E-state index in [0.29, 0.717) is 5.56 Å². The molecule has 0 spiro atoms.